The summed E-state index contributed by atoms with van der Waals surface area (Å²) in [6, 6.07) is 12.7. The molecule has 2 rings (SSSR count). The Hall–Kier alpha value is -1.72. The van der Waals surface area contributed by atoms with Crippen molar-refractivity contribution in [3.8, 4) is 5.75 Å². The summed E-state index contributed by atoms with van der Waals surface area (Å²) < 4.78 is 6.56. The van der Waals surface area contributed by atoms with Gasteiger partial charge in [-0.1, -0.05) is 50.9 Å². The van der Waals surface area contributed by atoms with E-state index in [2.05, 4.69) is 21.1 Å². The lowest BCUT2D eigenvalue weighted by molar-refractivity contribution is 0.306. The van der Waals surface area contributed by atoms with E-state index in [1.54, 1.807) is 24.3 Å². The molecule has 0 aromatic heterocycles. The molecular weight excluding hydrogens is 344 g/mol. The van der Waals surface area contributed by atoms with Crippen molar-refractivity contribution in [1.29, 1.82) is 0 Å². The van der Waals surface area contributed by atoms with Crippen LogP contribution < -0.4 is 10.5 Å². The van der Waals surface area contributed by atoms with E-state index in [0.717, 1.165) is 10.0 Å². The van der Waals surface area contributed by atoms with Crippen LogP contribution in [0.3, 0.4) is 0 Å². The maximum absolute atomic E-state index is 8.66. The molecule has 0 heterocycles. The third kappa shape index (κ3) is 3.65. The number of nitrogens with two attached hydrogens (primary N) is 1. The highest BCUT2D eigenvalue weighted by Gasteiger charge is 2.05. The summed E-state index contributed by atoms with van der Waals surface area (Å²) in [5.41, 5.74) is 7.07. The SMILES string of the molecule is NC(=NO)c1cccc(COc2cc(Br)ccc2Cl)c1. The molecule has 0 aliphatic rings. The highest BCUT2D eigenvalue weighted by atomic mass is 79.9. The third-order valence-corrected chi connectivity index (χ3v) is 3.42. The predicted molar refractivity (Wildman–Crippen MR) is 82.4 cm³/mol. The number of hydrogen-bond acceptors (Lipinski definition) is 3. The van der Waals surface area contributed by atoms with Crippen molar-refractivity contribution in [1.82, 2.24) is 0 Å². The molecule has 0 fully saturated rings. The molecule has 2 aromatic rings. The Balaban J connectivity index is 2.13. The van der Waals surface area contributed by atoms with Gasteiger partial charge in [0, 0.05) is 10.0 Å². The number of rotatable bonds is 4. The minimum Gasteiger partial charge on any atom is -0.487 e. The lowest BCUT2D eigenvalue weighted by atomic mass is 10.1. The van der Waals surface area contributed by atoms with Crippen molar-refractivity contribution in [2.75, 3.05) is 0 Å². The van der Waals surface area contributed by atoms with Crippen molar-refractivity contribution in [2.45, 2.75) is 6.61 Å². The van der Waals surface area contributed by atoms with E-state index in [0.29, 0.717) is 22.9 Å². The molecule has 0 aliphatic heterocycles. The first kappa shape index (κ1) is 14.7. The van der Waals surface area contributed by atoms with Gasteiger partial charge in [-0.3, -0.25) is 0 Å². The molecule has 20 heavy (non-hydrogen) atoms. The lowest BCUT2D eigenvalue weighted by Crippen LogP contribution is -2.13. The maximum atomic E-state index is 8.66. The monoisotopic (exact) mass is 354 g/mol. The zero-order chi connectivity index (χ0) is 14.5. The van der Waals surface area contributed by atoms with Crippen LogP contribution in [0.5, 0.6) is 5.75 Å². The normalized spacial score (nSPS) is 11.4. The number of halogens is 2. The summed E-state index contributed by atoms with van der Waals surface area (Å²) >= 11 is 9.41. The minimum atomic E-state index is 0.0623. The van der Waals surface area contributed by atoms with Gasteiger partial charge in [-0.05, 0) is 29.8 Å². The van der Waals surface area contributed by atoms with Gasteiger partial charge in [-0.2, -0.15) is 0 Å². The Labute approximate surface area is 129 Å². The van der Waals surface area contributed by atoms with Gasteiger partial charge in [0.1, 0.15) is 12.4 Å². The molecule has 6 heteroatoms. The number of oxime groups is 1. The molecule has 0 amide bonds. The largest absolute Gasteiger partial charge is 0.487 e. The quantitative estimate of drug-likeness (QED) is 0.379. The Kier molecular flexibility index (Phi) is 4.87. The summed E-state index contributed by atoms with van der Waals surface area (Å²) in [6.45, 7) is 0.336. The smallest absolute Gasteiger partial charge is 0.170 e. The topological polar surface area (TPSA) is 67.8 Å². The first-order chi connectivity index (χ1) is 9.60. The molecule has 0 saturated carbocycles. The van der Waals surface area contributed by atoms with Gasteiger partial charge in [0.05, 0.1) is 5.02 Å². The molecule has 3 N–H and O–H groups in total. The third-order valence-electron chi connectivity index (χ3n) is 2.62. The van der Waals surface area contributed by atoms with Gasteiger partial charge in [0.2, 0.25) is 0 Å². The van der Waals surface area contributed by atoms with Gasteiger partial charge in [0.15, 0.2) is 5.84 Å². The van der Waals surface area contributed by atoms with Gasteiger partial charge >= 0.3 is 0 Å². The van der Waals surface area contributed by atoms with E-state index in [-0.39, 0.29) is 5.84 Å². The van der Waals surface area contributed by atoms with Crippen molar-refractivity contribution in [3.63, 3.8) is 0 Å². The van der Waals surface area contributed by atoms with Crippen LogP contribution >= 0.6 is 27.5 Å². The molecule has 0 spiro atoms. The van der Waals surface area contributed by atoms with Gasteiger partial charge in [-0.25, -0.2) is 0 Å². The zero-order valence-corrected chi connectivity index (χ0v) is 12.7. The summed E-state index contributed by atoms with van der Waals surface area (Å²) in [5.74, 6) is 0.655. The Bertz CT molecular complexity index is 647. The molecule has 0 saturated heterocycles. The van der Waals surface area contributed by atoms with Crippen LogP contribution in [-0.2, 0) is 6.61 Å². The number of amidine groups is 1. The molecule has 0 bridgehead atoms. The van der Waals surface area contributed by atoms with Gasteiger partial charge in [-0.15, -0.1) is 0 Å². The second-order valence-corrected chi connectivity index (χ2v) is 5.37. The summed E-state index contributed by atoms with van der Waals surface area (Å²) in [6.07, 6.45) is 0. The van der Waals surface area contributed by atoms with Gasteiger partial charge < -0.3 is 15.7 Å². The fourth-order valence-corrected chi connectivity index (χ4v) is 2.14. The Morgan fingerprint density at radius 2 is 2.10 bits per heavy atom. The zero-order valence-electron chi connectivity index (χ0n) is 10.4. The van der Waals surface area contributed by atoms with Crippen LogP contribution in [0.15, 0.2) is 52.1 Å². The van der Waals surface area contributed by atoms with Crippen LogP contribution in [0.4, 0.5) is 0 Å². The average molecular weight is 356 g/mol. The second-order valence-electron chi connectivity index (χ2n) is 4.05. The predicted octanol–water partition coefficient (Wildman–Crippen LogP) is 3.78. The number of ether oxygens (including phenoxy) is 1. The lowest BCUT2D eigenvalue weighted by Gasteiger charge is -2.09. The van der Waals surface area contributed by atoms with E-state index in [4.69, 9.17) is 27.3 Å². The van der Waals surface area contributed by atoms with Crippen molar-refractivity contribution in [2.24, 2.45) is 10.9 Å². The van der Waals surface area contributed by atoms with E-state index >= 15 is 0 Å². The molecule has 0 unspecified atom stereocenters. The minimum absolute atomic E-state index is 0.0623. The number of nitrogens with zero attached hydrogens (tertiary/aromatic N) is 1. The fourth-order valence-electron chi connectivity index (χ4n) is 1.63. The first-order valence-corrected chi connectivity index (χ1v) is 6.92. The molecule has 2 aromatic carbocycles. The van der Waals surface area contributed by atoms with Crippen molar-refractivity contribution >= 4 is 33.4 Å². The van der Waals surface area contributed by atoms with E-state index in [1.807, 2.05) is 18.2 Å². The maximum Gasteiger partial charge on any atom is 0.170 e. The van der Waals surface area contributed by atoms with Gasteiger partial charge in [0.25, 0.3) is 0 Å². The first-order valence-electron chi connectivity index (χ1n) is 5.75. The van der Waals surface area contributed by atoms with Crippen LogP contribution in [-0.4, -0.2) is 11.0 Å². The number of benzene rings is 2. The average Bonchev–Trinajstić information content (AvgIpc) is 2.47. The van der Waals surface area contributed by atoms with Crippen LogP contribution in [0.2, 0.25) is 5.02 Å². The molecule has 4 nitrogen and oxygen atoms in total. The Morgan fingerprint density at radius 1 is 1.30 bits per heavy atom. The molecule has 0 radical (unpaired) electrons. The molecular formula is C14H12BrClN2O2. The molecule has 104 valence electrons. The van der Waals surface area contributed by atoms with Crippen LogP contribution in [0, 0.1) is 0 Å². The highest BCUT2D eigenvalue weighted by Crippen LogP contribution is 2.28. The van der Waals surface area contributed by atoms with Crippen molar-refractivity contribution in [3.05, 3.63) is 63.1 Å². The van der Waals surface area contributed by atoms with Crippen LogP contribution in [0.1, 0.15) is 11.1 Å². The van der Waals surface area contributed by atoms with E-state index in [9.17, 15) is 0 Å². The van der Waals surface area contributed by atoms with E-state index < -0.39 is 0 Å². The van der Waals surface area contributed by atoms with Crippen molar-refractivity contribution < 1.29 is 9.94 Å². The number of hydrogen-bond donors (Lipinski definition) is 2. The fraction of sp³-hybridized carbons (Fsp3) is 0.0714. The van der Waals surface area contributed by atoms with Crippen LogP contribution in [0.25, 0.3) is 0 Å². The van der Waals surface area contributed by atoms with E-state index in [1.165, 1.54) is 0 Å². The second kappa shape index (κ2) is 6.63. The summed E-state index contributed by atoms with van der Waals surface area (Å²) in [4.78, 5) is 0. The summed E-state index contributed by atoms with van der Waals surface area (Å²) in [5, 5.41) is 12.2. The summed E-state index contributed by atoms with van der Waals surface area (Å²) in [7, 11) is 0. The standard InChI is InChI=1S/C14H12BrClN2O2/c15-11-4-5-12(16)13(7-11)20-8-9-2-1-3-10(6-9)14(17)18-19/h1-7,19H,8H2,(H2,17,18). The highest BCUT2D eigenvalue weighted by molar-refractivity contribution is 9.10. The Morgan fingerprint density at radius 3 is 2.85 bits per heavy atom. The molecule has 0 aliphatic carbocycles. The molecule has 0 atom stereocenters.